The van der Waals surface area contributed by atoms with Crippen molar-refractivity contribution in [3.05, 3.63) is 64.8 Å². The number of rotatable bonds is 9. The number of aryl methyl sites for hydroxylation is 1. The quantitative estimate of drug-likeness (QED) is 0.429. The van der Waals surface area contributed by atoms with Crippen LogP contribution in [0.1, 0.15) is 77.8 Å². The van der Waals surface area contributed by atoms with Crippen molar-refractivity contribution < 1.29 is 14.9 Å². The van der Waals surface area contributed by atoms with Crippen LogP contribution >= 0.6 is 0 Å². The highest BCUT2D eigenvalue weighted by molar-refractivity contribution is 5.65. The molecule has 0 fully saturated rings. The molecule has 0 unspecified atom stereocenters. The number of aromatic hydroxyl groups is 1. The van der Waals surface area contributed by atoms with E-state index < -0.39 is 5.60 Å². The molecule has 1 heterocycles. The van der Waals surface area contributed by atoms with Gasteiger partial charge in [-0.1, -0.05) is 41.5 Å². The molecule has 0 aromatic heterocycles. The van der Waals surface area contributed by atoms with E-state index in [1.54, 1.807) is 12.1 Å². The van der Waals surface area contributed by atoms with Gasteiger partial charge >= 0.3 is 0 Å². The van der Waals surface area contributed by atoms with Gasteiger partial charge in [0.1, 0.15) is 17.1 Å². The van der Waals surface area contributed by atoms with E-state index in [0.29, 0.717) is 0 Å². The Morgan fingerprint density at radius 3 is 2.60 bits per heavy atom. The van der Waals surface area contributed by atoms with Crippen LogP contribution < -0.4 is 4.74 Å². The second-order valence-corrected chi connectivity index (χ2v) is 9.30. The molecular formula is C27H38O3. The molecule has 0 spiro atoms. The van der Waals surface area contributed by atoms with Crippen molar-refractivity contribution in [1.82, 2.24) is 0 Å². The van der Waals surface area contributed by atoms with Crippen LogP contribution in [0.15, 0.2) is 53.7 Å². The number of allylic oxidation sites excluding steroid dienone is 5. The molecule has 0 saturated heterocycles. The molecular weight excluding hydrogens is 372 g/mol. The molecule has 0 bridgehead atoms. The highest BCUT2D eigenvalue weighted by atomic mass is 16.5. The summed E-state index contributed by atoms with van der Waals surface area (Å²) in [4.78, 5) is 0. The number of hydrogen-bond acceptors (Lipinski definition) is 3. The summed E-state index contributed by atoms with van der Waals surface area (Å²) < 4.78 is 6.29. The van der Waals surface area contributed by atoms with Gasteiger partial charge in [-0.2, -0.15) is 0 Å². The third-order valence-corrected chi connectivity index (χ3v) is 5.49. The third kappa shape index (κ3) is 7.53. The summed E-state index contributed by atoms with van der Waals surface area (Å²) in [5.74, 6) is 1.13. The Hall–Kier alpha value is -2.26. The lowest BCUT2D eigenvalue weighted by molar-refractivity contribution is 0.103. The van der Waals surface area contributed by atoms with Gasteiger partial charge < -0.3 is 14.9 Å². The van der Waals surface area contributed by atoms with Crippen LogP contribution in [-0.4, -0.2) is 21.4 Å². The van der Waals surface area contributed by atoms with Crippen molar-refractivity contribution in [1.29, 1.82) is 0 Å². The molecule has 1 aliphatic rings. The first-order valence-electron chi connectivity index (χ1n) is 10.9. The van der Waals surface area contributed by atoms with E-state index in [0.717, 1.165) is 49.0 Å². The SMILES string of the molecule is CC(C)=CCC[C@](C)(O)C=CCC(C)=CCC[C@@]1(C)C=Cc2cc(O)cc(C)c2O1. The number of ether oxygens (including phenoxy) is 1. The molecule has 1 aromatic carbocycles. The largest absolute Gasteiger partial charge is 0.508 e. The number of hydrogen-bond donors (Lipinski definition) is 2. The molecule has 2 rings (SSSR count). The second kappa shape index (κ2) is 10.2. The van der Waals surface area contributed by atoms with Crippen LogP contribution in [0.4, 0.5) is 0 Å². The van der Waals surface area contributed by atoms with Crippen molar-refractivity contribution in [2.75, 3.05) is 0 Å². The van der Waals surface area contributed by atoms with Gasteiger partial charge in [0.2, 0.25) is 0 Å². The summed E-state index contributed by atoms with van der Waals surface area (Å²) in [6, 6.07) is 3.48. The molecule has 164 valence electrons. The minimum atomic E-state index is -0.764. The minimum Gasteiger partial charge on any atom is -0.508 e. The van der Waals surface area contributed by atoms with E-state index in [4.69, 9.17) is 4.74 Å². The lowest BCUT2D eigenvalue weighted by Gasteiger charge is -2.32. The zero-order valence-corrected chi connectivity index (χ0v) is 19.5. The van der Waals surface area contributed by atoms with Crippen LogP contribution in [0.3, 0.4) is 0 Å². The smallest absolute Gasteiger partial charge is 0.131 e. The first kappa shape index (κ1) is 24.0. The van der Waals surface area contributed by atoms with Gasteiger partial charge in [0.05, 0.1) is 5.60 Å². The molecule has 0 saturated carbocycles. The van der Waals surface area contributed by atoms with E-state index in [-0.39, 0.29) is 11.4 Å². The van der Waals surface area contributed by atoms with Crippen molar-refractivity contribution in [2.45, 2.75) is 84.8 Å². The number of phenolic OH excluding ortho intramolecular Hbond substituents is 1. The van der Waals surface area contributed by atoms with E-state index in [9.17, 15) is 10.2 Å². The summed E-state index contributed by atoms with van der Waals surface area (Å²) in [5.41, 5.74) is 3.34. The monoisotopic (exact) mass is 410 g/mol. The fourth-order valence-corrected chi connectivity index (χ4v) is 3.64. The maximum atomic E-state index is 10.5. The zero-order valence-electron chi connectivity index (χ0n) is 19.5. The Labute approximate surface area is 182 Å². The highest BCUT2D eigenvalue weighted by Crippen LogP contribution is 2.38. The summed E-state index contributed by atoms with van der Waals surface area (Å²) in [5, 5.41) is 20.2. The Morgan fingerprint density at radius 1 is 1.17 bits per heavy atom. The Kier molecular flexibility index (Phi) is 8.14. The minimum absolute atomic E-state index is 0.269. The van der Waals surface area contributed by atoms with Crippen molar-refractivity contribution in [3.63, 3.8) is 0 Å². The molecule has 0 aliphatic carbocycles. The molecule has 2 atom stereocenters. The Balaban J connectivity index is 1.86. The third-order valence-electron chi connectivity index (χ3n) is 5.49. The highest BCUT2D eigenvalue weighted by Gasteiger charge is 2.27. The van der Waals surface area contributed by atoms with Gasteiger partial charge in [-0.15, -0.1) is 0 Å². The molecule has 0 radical (unpaired) electrons. The van der Waals surface area contributed by atoms with E-state index in [1.165, 1.54) is 11.1 Å². The second-order valence-electron chi connectivity index (χ2n) is 9.30. The van der Waals surface area contributed by atoms with Gasteiger partial charge in [-0.25, -0.2) is 0 Å². The van der Waals surface area contributed by atoms with Gasteiger partial charge in [0.25, 0.3) is 0 Å². The molecule has 0 amide bonds. The van der Waals surface area contributed by atoms with Gasteiger partial charge in [0.15, 0.2) is 0 Å². The molecule has 30 heavy (non-hydrogen) atoms. The Bertz CT molecular complexity index is 851. The van der Waals surface area contributed by atoms with E-state index in [2.05, 4.69) is 52.0 Å². The van der Waals surface area contributed by atoms with Crippen LogP contribution in [0.5, 0.6) is 11.5 Å². The fourth-order valence-electron chi connectivity index (χ4n) is 3.64. The topological polar surface area (TPSA) is 49.7 Å². The predicted octanol–water partition coefficient (Wildman–Crippen LogP) is 7.04. The number of phenols is 1. The zero-order chi connectivity index (χ0) is 22.4. The maximum absolute atomic E-state index is 10.5. The standard InChI is InChI=1S/C27H38O3/c1-20(2)10-7-14-26(5,29)15-8-11-21(3)12-9-16-27(6)17-13-23-19-24(28)18-22(4)25(23)30-27/h8,10,12-13,15,17-19,28-29H,7,9,11,14,16H2,1-6H3/t26-,27-/m0/s1. The van der Waals surface area contributed by atoms with Crippen LogP contribution in [-0.2, 0) is 0 Å². The first-order valence-corrected chi connectivity index (χ1v) is 10.9. The van der Waals surface area contributed by atoms with Crippen LogP contribution in [0.25, 0.3) is 6.08 Å². The first-order chi connectivity index (χ1) is 14.0. The number of benzene rings is 1. The molecule has 2 N–H and O–H groups in total. The molecule has 3 nitrogen and oxygen atoms in total. The summed E-state index contributed by atoms with van der Waals surface area (Å²) >= 11 is 0. The molecule has 3 heteroatoms. The molecule has 1 aromatic rings. The van der Waals surface area contributed by atoms with Gasteiger partial charge in [-0.05, 0) is 97.4 Å². The summed E-state index contributed by atoms with van der Waals surface area (Å²) in [7, 11) is 0. The number of fused-ring (bicyclic) bond motifs is 1. The van der Waals surface area contributed by atoms with Crippen LogP contribution in [0, 0.1) is 6.92 Å². The van der Waals surface area contributed by atoms with Gasteiger partial charge in [0, 0.05) is 5.56 Å². The summed E-state index contributed by atoms with van der Waals surface area (Å²) in [6.07, 6.45) is 16.8. The van der Waals surface area contributed by atoms with Crippen molar-refractivity contribution in [2.24, 2.45) is 0 Å². The fraction of sp³-hybridized carbons (Fsp3) is 0.481. The molecule has 1 aliphatic heterocycles. The number of aliphatic hydroxyl groups is 1. The lowest BCUT2D eigenvalue weighted by atomic mass is 9.93. The van der Waals surface area contributed by atoms with Crippen molar-refractivity contribution >= 4 is 6.08 Å². The summed E-state index contributed by atoms with van der Waals surface area (Å²) in [6.45, 7) is 12.2. The maximum Gasteiger partial charge on any atom is 0.131 e. The van der Waals surface area contributed by atoms with Gasteiger partial charge in [-0.3, -0.25) is 0 Å². The van der Waals surface area contributed by atoms with Crippen LogP contribution in [0.2, 0.25) is 0 Å². The van der Waals surface area contributed by atoms with E-state index >= 15 is 0 Å². The normalized spacial score (nSPS) is 20.6. The van der Waals surface area contributed by atoms with E-state index in [1.807, 2.05) is 26.0 Å². The average Bonchev–Trinajstić information content (AvgIpc) is 2.62. The average molecular weight is 411 g/mol. The predicted molar refractivity (Wildman–Crippen MR) is 127 cm³/mol. The lowest BCUT2D eigenvalue weighted by Crippen LogP contribution is -2.32. The van der Waals surface area contributed by atoms with Crippen molar-refractivity contribution in [3.8, 4) is 11.5 Å². The Morgan fingerprint density at radius 2 is 1.90 bits per heavy atom.